The van der Waals surface area contributed by atoms with Gasteiger partial charge in [0.15, 0.2) is 0 Å². The van der Waals surface area contributed by atoms with E-state index in [-0.39, 0.29) is 18.3 Å². The van der Waals surface area contributed by atoms with Gasteiger partial charge in [0.05, 0.1) is 5.69 Å². The van der Waals surface area contributed by atoms with Gasteiger partial charge in [-0.05, 0) is 38.1 Å². The first-order chi connectivity index (χ1) is 11.9. The Bertz CT molecular complexity index is 783. The summed E-state index contributed by atoms with van der Waals surface area (Å²) in [5, 5.41) is 3.79. The number of hydrogen-bond donors (Lipinski definition) is 1. The lowest BCUT2D eigenvalue weighted by Crippen LogP contribution is -2.60. The molecule has 1 fully saturated rings. The van der Waals surface area contributed by atoms with Gasteiger partial charge in [0, 0.05) is 25.3 Å². The lowest BCUT2D eigenvalue weighted by Gasteiger charge is -2.41. The average molecular weight is 346 g/mol. The Morgan fingerprint density at radius 3 is 2.48 bits per heavy atom. The molecule has 1 atom stereocenters. The smallest absolute Gasteiger partial charge is 0.260 e. The van der Waals surface area contributed by atoms with Crippen LogP contribution in [0.5, 0.6) is 0 Å². The van der Waals surface area contributed by atoms with Crippen LogP contribution in [0.15, 0.2) is 28.8 Å². The Kier molecular flexibility index (Phi) is 4.43. The van der Waals surface area contributed by atoms with Crippen molar-refractivity contribution < 1.29 is 18.5 Å². The molecule has 2 N–H and O–H groups in total. The molecule has 0 spiro atoms. The summed E-state index contributed by atoms with van der Waals surface area (Å²) in [5.74, 6) is -0.833. The normalized spacial score (nSPS) is 17.6. The molecule has 2 heterocycles. The zero-order valence-electron chi connectivity index (χ0n) is 14.0. The molecule has 0 aliphatic carbocycles. The molecule has 132 valence electrons. The van der Waals surface area contributed by atoms with Crippen molar-refractivity contribution in [2.45, 2.75) is 19.9 Å². The highest BCUT2D eigenvalue weighted by atomic mass is 19.1. The van der Waals surface area contributed by atoms with E-state index in [0.717, 1.165) is 5.69 Å². The second-order valence-electron chi connectivity index (χ2n) is 6.04. The highest BCUT2D eigenvalue weighted by Crippen LogP contribution is 2.23. The molecule has 0 bridgehead atoms. The van der Waals surface area contributed by atoms with Gasteiger partial charge in [0.1, 0.15) is 23.2 Å². The minimum Gasteiger partial charge on any atom is -0.368 e. The second-order valence-corrected chi connectivity index (χ2v) is 6.04. The van der Waals surface area contributed by atoms with E-state index in [1.54, 1.807) is 26.0 Å². The summed E-state index contributed by atoms with van der Waals surface area (Å²) in [6, 6.07) is 5.20. The molecule has 2 aromatic rings. The molecule has 1 unspecified atom stereocenters. The van der Waals surface area contributed by atoms with Gasteiger partial charge in [-0.15, -0.1) is 0 Å². The van der Waals surface area contributed by atoms with E-state index in [1.807, 2.05) is 4.90 Å². The first kappa shape index (κ1) is 16.9. The maximum Gasteiger partial charge on any atom is 0.260 e. The largest absolute Gasteiger partial charge is 0.368 e. The van der Waals surface area contributed by atoms with Gasteiger partial charge in [-0.3, -0.25) is 9.59 Å². The van der Waals surface area contributed by atoms with Crippen molar-refractivity contribution in [3.63, 3.8) is 0 Å². The molecule has 1 aromatic carbocycles. The van der Waals surface area contributed by atoms with Crippen molar-refractivity contribution in [1.29, 1.82) is 0 Å². The quantitative estimate of drug-likeness (QED) is 0.903. The summed E-state index contributed by atoms with van der Waals surface area (Å²) in [4.78, 5) is 28.2. The van der Waals surface area contributed by atoms with Gasteiger partial charge in [-0.2, -0.15) is 0 Å². The molecule has 25 heavy (non-hydrogen) atoms. The van der Waals surface area contributed by atoms with Crippen LogP contribution in [-0.2, 0) is 4.79 Å². The van der Waals surface area contributed by atoms with Crippen LogP contribution in [0.3, 0.4) is 0 Å². The topological polar surface area (TPSA) is 92.7 Å². The highest BCUT2D eigenvalue weighted by molar-refractivity contribution is 5.99. The standard InChI is InChI=1S/C17H19FN4O3/c1-10-15(11(2)25-20-10)17(24)22-8-7-21(9-14(22)16(19)23)13-5-3-12(18)4-6-13/h3-6,14H,7-9H2,1-2H3,(H2,19,23). The summed E-state index contributed by atoms with van der Waals surface area (Å²) >= 11 is 0. The van der Waals surface area contributed by atoms with Crippen molar-refractivity contribution in [3.05, 3.63) is 47.1 Å². The Labute approximate surface area is 144 Å². The van der Waals surface area contributed by atoms with Crippen molar-refractivity contribution in [2.75, 3.05) is 24.5 Å². The van der Waals surface area contributed by atoms with E-state index in [9.17, 15) is 14.0 Å². The van der Waals surface area contributed by atoms with Crippen LogP contribution in [-0.4, -0.2) is 47.5 Å². The predicted octanol–water partition coefficient (Wildman–Crippen LogP) is 1.25. The zero-order valence-corrected chi connectivity index (χ0v) is 14.0. The third-order valence-corrected chi connectivity index (χ3v) is 4.41. The second kappa shape index (κ2) is 6.54. The maximum absolute atomic E-state index is 13.1. The molecule has 3 rings (SSSR count). The Hall–Kier alpha value is -2.90. The Morgan fingerprint density at radius 1 is 1.24 bits per heavy atom. The molecule has 2 amide bonds. The third kappa shape index (κ3) is 3.19. The number of aryl methyl sites for hydroxylation is 2. The lowest BCUT2D eigenvalue weighted by molar-refractivity contribution is -0.122. The number of halogens is 1. The van der Waals surface area contributed by atoms with Crippen molar-refractivity contribution in [1.82, 2.24) is 10.1 Å². The van der Waals surface area contributed by atoms with Crippen molar-refractivity contribution in [2.24, 2.45) is 5.73 Å². The molecule has 1 aromatic heterocycles. The molecule has 1 aliphatic heterocycles. The SMILES string of the molecule is Cc1noc(C)c1C(=O)N1CCN(c2ccc(F)cc2)CC1C(N)=O. The predicted molar refractivity (Wildman–Crippen MR) is 88.6 cm³/mol. The molecule has 1 aliphatic rings. The molecular formula is C17H19FN4O3. The summed E-state index contributed by atoms with van der Waals surface area (Å²) < 4.78 is 18.1. The monoisotopic (exact) mass is 346 g/mol. The number of nitrogens with two attached hydrogens (primary N) is 1. The number of piperazine rings is 1. The Balaban J connectivity index is 1.84. The van der Waals surface area contributed by atoms with Crippen LogP contribution < -0.4 is 10.6 Å². The van der Waals surface area contributed by atoms with Crippen LogP contribution >= 0.6 is 0 Å². The fourth-order valence-electron chi connectivity index (χ4n) is 3.09. The summed E-state index contributed by atoms with van der Waals surface area (Å²) in [5.41, 5.74) is 7.15. The lowest BCUT2D eigenvalue weighted by atomic mass is 10.1. The van der Waals surface area contributed by atoms with Gasteiger partial charge in [0.2, 0.25) is 5.91 Å². The van der Waals surface area contributed by atoms with E-state index in [0.29, 0.717) is 30.1 Å². The minimum absolute atomic E-state index is 0.246. The van der Waals surface area contributed by atoms with Crippen LogP contribution in [0, 0.1) is 19.7 Å². The van der Waals surface area contributed by atoms with Gasteiger partial charge in [-0.25, -0.2) is 4.39 Å². The van der Waals surface area contributed by atoms with Gasteiger partial charge >= 0.3 is 0 Å². The number of hydrogen-bond acceptors (Lipinski definition) is 5. The van der Waals surface area contributed by atoms with E-state index >= 15 is 0 Å². The molecule has 8 heteroatoms. The number of nitrogens with zero attached hydrogens (tertiary/aromatic N) is 3. The molecule has 1 saturated heterocycles. The van der Waals surface area contributed by atoms with E-state index in [4.69, 9.17) is 10.3 Å². The van der Waals surface area contributed by atoms with Crippen LogP contribution in [0.1, 0.15) is 21.8 Å². The number of benzene rings is 1. The molecule has 0 saturated carbocycles. The van der Waals surface area contributed by atoms with E-state index < -0.39 is 11.9 Å². The Morgan fingerprint density at radius 2 is 1.92 bits per heavy atom. The first-order valence-corrected chi connectivity index (χ1v) is 7.92. The number of aromatic nitrogens is 1. The molecule has 7 nitrogen and oxygen atoms in total. The first-order valence-electron chi connectivity index (χ1n) is 7.92. The number of rotatable bonds is 3. The number of carbonyl (C=O) groups excluding carboxylic acids is 2. The van der Waals surface area contributed by atoms with E-state index in [2.05, 4.69) is 5.16 Å². The average Bonchev–Trinajstić information content (AvgIpc) is 2.93. The third-order valence-electron chi connectivity index (χ3n) is 4.41. The minimum atomic E-state index is -0.792. The van der Waals surface area contributed by atoms with Gasteiger partial charge < -0.3 is 20.1 Å². The van der Waals surface area contributed by atoms with Gasteiger partial charge in [-0.1, -0.05) is 5.16 Å². The molecule has 0 radical (unpaired) electrons. The summed E-state index contributed by atoms with van der Waals surface area (Å²) in [7, 11) is 0. The summed E-state index contributed by atoms with van der Waals surface area (Å²) in [6.45, 7) is 4.40. The highest BCUT2D eigenvalue weighted by Gasteiger charge is 2.36. The number of anilines is 1. The van der Waals surface area contributed by atoms with Crippen LogP contribution in [0.2, 0.25) is 0 Å². The summed E-state index contributed by atoms with van der Waals surface area (Å²) in [6.07, 6.45) is 0. The molecular weight excluding hydrogens is 327 g/mol. The van der Waals surface area contributed by atoms with E-state index in [1.165, 1.54) is 17.0 Å². The maximum atomic E-state index is 13.1. The van der Waals surface area contributed by atoms with Gasteiger partial charge in [0.25, 0.3) is 5.91 Å². The number of amides is 2. The van der Waals surface area contributed by atoms with Crippen LogP contribution in [0.25, 0.3) is 0 Å². The fourth-order valence-corrected chi connectivity index (χ4v) is 3.09. The van der Waals surface area contributed by atoms with Crippen LogP contribution in [0.4, 0.5) is 10.1 Å². The van der Waals surface area contributed by atoms with Crippen molar-refractivity contribution >= 4 is 17.5 Å². The fraction of sp³-hybridized carbons (Fsp3) is 0.353. The zero-order chi connectivity index (χ0) is 18.1. The number of primary amides is 1. The number of carbonyl (C=O) groups is 2. The van der Waals surface area contributed by atoms with Crippen molar-refractivity contribution in [3.8, 4) is 0 Å².